The molecular weight excluding hydrogens is 290 g/mol. The van der Waals surface area contributed by atoms with Crippen LogP contribution in [-0.4, -0.2) is 8.42 Å². The number of hydrogen-bond acceptors (Lipinski definition) is 2. The molecule has 2 aromatic carbocycles. The van der Waals surface area contributed by atoms with Gasteiger partial charge < -0.3 is 0 Å². The topological polar surface area (TPSA) is 46.5 Å². The van der Waals surface area contributed by atoms with Crippen molar-refractivity contribution in [3.8, 4) is 0 Å². The summed E-state index contributed by atoms with van der Waals surface area (Å²) in [4.78, 5) is 1.04. The summed E-state index contributed by atoms with van der Waals surface area (Å²) in [6.07, 6.45) is 0. The molecule has 0 bridgehead atoms. The van der Waals surface area contributed by atoms with Gasteiger partial charge in [-0.1, -0.05) is 42.5 Å². The first-order chi connectivity index (χ1) is 9.53. The van der Waals surface area contributed by atoms with Crippen LogP contribution in [0, 0.1) is 6.92 Å². The fraction of sp³-hybridized carbons (Fsp3) is 0.0667. The van der Waals surface area contributed by atoms with E-state index in [1.165, 1.54) is 0 Å². The average molecular weight is 305 g/mol. The quantitative estimate of drug-likeness (QED) is 0.865. The Labute approximate surface area is 122 Å². The van der Waals surface area contributed by atoms with Gasteiger partial charge in [0, 0.05) is 4.90 Å². The van der Waals surface area contributed by atoms with Crippen molar-refractivity contribution in [3.63, 3.8) is 0 Å². The summed E-state index contributed by atoms with van der Waals surface area (Å²) in [5.41, 5.74) is 1.01. The fourth-order valence-electron chi connectivity index (χ4n) is 1.59. The Balaban J connectivity index is 2.46. The maximum Gasteiger partial charge on any atom is 0.288 e. The molecular formula is C15H15NO2S2. The van der Waals surface area contributed by atoms with E-state index in [2.05, 4.69) is 10.3 Å². The van der Waals surface area contributed by atoms with Crippen LogP contribution in [-0.2, 0) is 20.7 Å². The van der Waals surface area contributed by atoms with Crippen LogP contribution in [0.25, 0.3) is 0 Å². The zero-order valence-electron chi connectivity index (χ0n) is 11.1. The van der Waals surface area contributed by atoms with E-state index in [1.807, 2.05) is 37.3 Å². The van der Waals surface area contributed by atoms with Gasteiger partial charge >= 0.3 is 0 Å². The zero-order valence-corrected chi connectivity index (χ0v) is 12.7. The second-order valence-electron chi connectivity index (χ2n) is 4.16. The highest BCUT2D eigenvalue weighted by Gasteiger charge is 2.13. The van der Waals surface area contributed by atoms with Crippen molar-refractivity contribution in [2.45, 2.75) is 16.7 Å². The van der Waals surface area contributed by atoms with E-state index in [1.54, 1.807) is 29.7 Å². The molecule has 0 aliphatic heterocycles. The molecule has 1 atom stereocenters. The van der Waals surface area contributed by atoms with Gasteiger partial charge in [-0.25, -0.2) is 0 Å². The van der Waals surface area contributed by atoms with Crippen LogP contribution in [0.3, 0.4) is 0 Å². The van der Waals surface area contributed by atoms with Crippen LogP contribution in [0.5, 0.6) is 0 Å². The molecule has 0 amide bonds. The molecule has 0 heterocycles. The SMILES string of the molecule is C=C/S(=N\S(=O)(=O)c1ccc(C)cc1)c1ccccc1. The van der Waals surface area contributed by atoms with E-state index in [-0.39, 0.29) is 4.90 Å². The molecule has 0 aliphatic carbocycles. The minimum Gasteiger partial charge on any atom is -0.199 e. The van der Waals surface area contributed by atoms with Crippen molar-refractivity contribution in [2.75, 3.05) is 0 Å². The predicted octanol–water partition coefficient (Wildman–Crippen LogP) is 3.69. The van der Waals surface area contributed by atoms with Crippen LogP contribution in [0.2, 0.25) is 0 Å². The lowest BCUT2D eigenvalue weighted by Gasteiger charge is -2.04. The minimum atomic E-state index is -3.67. The van der Waals surface area contributed by atoms with E-state index in [9.17, 15) is 8.42 Å². The normalized spacial score (nSPS) is 13.1. The summed E-state index contributed by atoms with van der Waals surface area (Å²) in [5, 5.41) is 1.56. The second kappa shape index (κ2) is 6.15. The van der Waals surface area contributed by atoms with Crippen molar-refractivity contribution in [3.05, 3.63) is 72.1 Å². The highest BCUT2D eigenvalue weighted by Crippen LogP contribution is 2.18. The minimum absolute atomic E-state index is 0.207. The average Bonchev–Trinajstić information content (AvgIpc) is 2.46. The van der Waals surface area contributed by atoms with Crippen molar-refractivity contribution < 1.29 is 8.42 Å². The molecule has 20 heavy (non-hydrogen) atoms. The molecule has 104 valence electrons. The lowest BCUT2D eigenvalue weighted by molar-refractivity contribution is 0.598. The number of nitrogens with zero attached hydrogens (tertiary/aromatic N) is 1. The molecule has 0 fully saturated rings. The Morgan fingerprint density at radius 1 is 1.05 bits per heavy atom. The van der Waals surface area contributed by atoms with Crippen molar-refractivity contribution in [2.24, 2.45) is 3.77 Å². The van der Waals surface area contributed by atoms with E-state index in [4.69, 9.17) is 0 Å². The molecule has 0 spiro atoms. The molecule has 0 aliphatic rings. The molecule has 5 heteroatoms. The number of sulfonamides is 1. The van der Waals surface area contributed by atoms with Crippen LogP contribution in [0.1, 0.15) is 5.56 Å². The summed E-state index contributed by atoms with van der Waals surface area (Å²) < 4.78 is 28.5. The monoisotopic (exact) mass is 305 g/mol. The van der Waals surface area contributed by atoms with Gasteiger partial charge in [-0.15, -0.1) is 3.77 Å². The highest BCUT2D eigenvalue weighted by molar-refractivity contribution is 8.01. The molecule has 2 rings (SSSR count). The molecule has 0 saturated carbocycles. The zero-order chi connectivity index (χ0) is 14.6. The Kier molecular flexibility index (Phi) is 4.52. The molecule has 0 radical (unpaired) electrons. The van der Waals surface area contributed by atoms with Crippen molar-refractivity contribution in [1.82, 2.24) is 0 Å². The lowest BCUT2D eigenvalue weighted by Crippen LogP contribution is -1.99. The van der Waals surface area contributed by atoms with Crippen molar-refractivity contribution >= 4 is 20.7 Å². The van der Waals surface area contributed by atoms with E-state index in [0.29, 0.717) is 0 Å². The van der Waals surface area contributed by atoms with Crippen LogP contribution in [0.15, 0.2) is 80.1 Å². The molecule has 3 nitrogen and oxygen atoms in total. The third kappa shape index (κ3) is 3.43. The van der Waals surface area contributed by atoms with Gasteiger partial charge in [0.15, 0.2) is 0 Å². The van der Waals surface area contributed by atoms with Gasteiger partial charge in [-0.3, -0.25) is 0 Å². The maximum absolute atomic E-state index is 12.3. The first kappa shape index (κ1) is 14.7. The van der Waals surface area contributed by atoms with Gasteiger partial charge in [-0.2, -0.15) is 8.42 Å². The standard InChI is InChI=1S/C15H15NO2S2/c1-3-19(14-7-5-4-6-8-14)16-20(17,18)15-11-9-13(2)10-12-15/h3-12H,1H2,2H3. The first-order valence-corrected chi connectivity index (χ1v) is 8.67. The smallest absolute Gasteiger partial charge is 0.199 e. The van der Waals surface area contributed by atoms with Gasteiger partial charge in [0.2, 0.25) is 0 Å². The number of hydrogen-bond donors (Lipinski definition) is 0. The van der Waals surface area contributed by atoms with Crippen molar-refractivity contribution in [1.29, 1.82) is 0 Å². The first-order valence-electron chi connectivity index (χ1n) is 5.98. The predicted molar refractivity (Wildman–Crippen MR) is 83.1 cm³/mol. The van der Waals surface area contributed by atoms with E-state index < -0.39 is 20.7 Å². The van der Waals surface area contributed by atoms with Crippen LogP contribution >= 0.6 is 0 Å². The van der Waals surface area contributed by atoms with Crippen LogP contribution < -0.4 is 0 Å². The molecule has 0 N–H and O–H groups in total. The molecule has 0 aromatic heterocycles. The molecule has 1 unspecified atom stereocenters. The summed E-state index contributed by atoms with van der Waals surface area (Å²) in [7, 11) is -4.54. The third-order valence-electron chi connectivity index (χ3n) is 2.64. The Bertz CT molecular complexity index is 733. The lowest BCUT2D eigenvalue weighted by atomic mass is 10.2. The largest absolute Gasteiger partial charge is 0.288 e. The third-order valence-corrected chi connectivity index (χ3v) is 6.01. The maximum atomic E-state index is 12.3. The van der Waals surface area contributed by atoms with E-state index in [0.717, 1.165) is 10.5 Å². The van der Waals surface area contributed by atoms with Gasteiger partial charge in [0.25, 0.3) is 10.0 Å². The summed E-state index contributed by atoms with van der Waals surface area (Å²) in [5.74, 6) is 0. The number of aryl methyl sites for hydroxylation is 1. The number of rotatable bonds is 4. The molecule has 0 saturated heterocycles. The van der Waals surface area contributed by atoms with Crippen LogP contribution in [0.4, 0.5) is 0 Å². The van der Waals surface area contributed by atoms with Gasteiger partial charge in [0.05, 0.1) is 4.90 Å². The van der Waals surface area contributed by atoms with Gasteiger partial charge in [-0.05, 0) is 47.3 Å². The van der Waals surface area contributed by atoms with E-state index >= 15 is 0 Å². The highest BCUT2D eigenvalue weighted by atomic mass is 32.3. The molecule has 2 aromatic rings. The summed E-state index contributed by atoms with van der Waals surface area (Å²) >= 11 is 0. The fourth-order valence-corrected chi connectivity index (χ4v) is 4.47. The Morgan fingerprint density at radius 2 is 1.65 bits per heavy atom. The van der Waals surface area contributed by atoms with Gasteiger partial charge in [0.1, 0.15) is 0 Å². The summed E-state index contributed by atoms with van der Waals surface area (Å²) in [6, 6.07) is 15.9. The Morgan fingerprint density at radius 3 is 2.20 bits per heavy atom. The Hall–Kier alpha value is -1.72. The summed E-state index contributed by atoms with van der Waals surface area (Å²) in [6.45, 7) is 5.59. The second-order valence-corrected chi connectivity index (χ2v) is 7.61. The number of benzene rings is 2.